The average Bonchev–Trinajstić information content (AvgIpc) is 3.17. The molecule has 0 bridgehead atoms. The molecular formula is C16H15FN4O2S. The van der Waals surface area contributed by atoms with E-state index in [1.807, 2.05) is 12.3 Å². The molecule has 0 aliphatic carbocycles. The SMILES string of the molecule is Cc1csc(NC(=O)CCc2nc(-c3ccc(C)c(F)c3)no2)n1. The third kappa shape index (κ3) is 3.83. The van der Waals surface area contributed by atoms with Gasteiger partial charge in [0.05, 0.1) is 5.69 Å². The molecule has 2 heterocycles. The number of benzene rings is 1. The van der Waals surface area contributed by atoms with Crippen molar-refractivity contribution in [1.29, 1.82) is 0 Å². The van der Waals surface area contributed by atoms with E-state index in [9.17, 15) is 9.18 Å². The van der Waals surface area contributed by atoms with E-state index in [-0.39, 0.29) is 18.1 Å². The number of nitrogens with one attached hydrogen (secondary N) is 1. The molecule has 0 radical (unpaired) electrons. The highest BCUT2D eigenvalue weighted by Gasteiger charge is 2.12. The maximum atomic E-state index is 13.6. The first kappa shape index (κ1) is 16.3. The van der Waals surface area contributed by atoms with Crippen molar-refractivity contribution in [2.45, 2.75) is 26.7 Å². The zero-order chi connectivity index (χ0) is 17.1. The van der Waals surface area contributed by atoms with Gasteiger partial charge in [-0.15, -0.1) is 11.3 Å². The van der Waals surface area contributed by atoms with E-state index in [0.29, 0.717) is 34.4 Å². The Morgan fingerprint density at radius 1 is 1.33 bits per heavy atom. The van der Waals surface area contributed by atoms with Crippen LogP contribution in [0.25, 0.3) is 11.4 Å². The van der Waals surface area contributed by atoms with Gasteiger partial charge in [0, 0.05) is 23.8 Å². The number of amides is 1. The van der Waals surface area contributed by atoms with Crippen molar-refractivity contribution in [3.8, 4) is 11.4 Å². The van der Waals surface area contributed by atoms with E-state index in [1.54, 1.807) is 19.1 Å². The Hall–Kier alpha value is -2.61. The fourth-order valence-electron chi connectivity index (χ4n) is 2.02. The highest BCUT2D eigenvalue weighted by Crippen LogP contribution is 2.19. The first-order valence-electron chi connectivity index (χ1n) is 7.32. The number of thiazole rings is 1. The fourth-order valence-corrected chi connectivity index (χ4v) is 2.72. The number of carbonyl (C=O) groups is 1. The van der Waals surface area contributed by atoms with Gasteiger partial charge in [-0.25, -0.2) is 9.37 Å². The molecule has 0 saturated carbocycles. The molecule has 0 unspecified atom stereocenters. The van der Waals surface area contributed by atoms with Gasteiger partial charge in [-0.2, -0.15) is 4.98 Å². The molecular weight excluding hydrogens is 331 g/mol. The quantitative estimate of drug-likeness (QED) is 0.764. The number of anilines is 1. The van der Waals surface area contributed by atoms with Gasteiger partial charge in [-0.1, -0.05) is 17.3 Å². The molecule has 0 saturated heterocycles. The van der Waals surface area contributed by atoms with E-state index >= 15 is 0 Å². The Balaban J connectivity index is 1.59. The maximum absolute atomic E-state index is 13.6. The minimum absolute atomic E-state index is 0.175. The van der Waals surface area contributed by atoms with E-state index in [4.69, 9.17) is 4.52 Å². The van der Waals surface area contributed by atoms with Crippen LogP contribution in [0.2, 0.25) is 0 Å². The molecule has 0 aliphatic rings. The van der Waals surface area contributed by atoms with Gasteiger partial charge in [0.1, 0.15) is 5.82 Å². The molecule has 8 heteroatoms. The van der Waals surface area contributed by atoms with Crippen LogP contribution in [0.1, 0.15) is 23.6 Å². The van der Waals surface area contributed by atoms with Crippen LogP contribution in [-0.2, 0) is 11.2 Å². The molecule has 6 nitrogen and oxygen atoms in total. The number of aryl methyl sites for hydroxylation is 3. The lowest BCUT2D eigenvalue weighted by atomic mass is 10.1. The summed E-state index contributed by atoms with van der Waals surface area (Å²) in [5.74, 6) is 0.138. The Morgan fingerprint density at radius 2 is 2.17 bits per heavy atom. The number of rotatable bonds is 5. The smallest absolute Gasteiger partial charge is 0.227 e. The third-order valence-corrected chi connectivity index (χ3v) is 4.20. The fraction of sp³-hybridized carbons (Fsp3) is 0.250. The molecule has 3 rings (SSSR count). The van der Waals surface area contributed by atoms with Crippen molar-refractivity contribution in [3.63, 3.8) is 0 Å². The zero-order valence-corrected chi connectivity index (χ0v) is 14.0. The van der Waals surface area contributed by atoms with E-state index in [1.165, 1.54) is 17.4 Å². The summed E-state index contributed by atoms with van der Waals surface area (Å²) >= 11 is 1.37. The Kier molecular flexibility index (Phi) is 4.66. The third-order valence-electron chi connectivity index (χ3n) is 3.33. The van der Waals surface area contributed by atoms with Crippen LogP contribution in [0.15, 0.2) is 28.1 Å². The van der Waals surface area contributed by atoms with Gasteiger partial charge in [0.2, 0.25) is 17.6 Å². The first-order valence-corrected chi connectivity index (χ1v) is 8.20. The second kappa shape index (κ2) is 6.88. The molecule has 0 fully saturated rings. The molecule has 3 aromatic rings. The van der Waals surface area contributed by atoms with Gasteiger partial charge in [0.25, 0.3) is 0 Å². The van der Waals surface area contributed by atoms with Gasteiger partial charge >= 0.3 is 0 Å². The molecule has 1 N–H and O–H groups in total. The summed E-state index contributed by atoms with van der Waals surface area (Å²) in [7, 11) is 0. The van der Waals surface area contributed by atoms with Crippen LogP contribution in [0.3, 0.4) is 0 Å². The summed E-state index contributed by atoms with van der Waals surface area (Å²) in [6, 6.07) is 4.75. The standard InChI is InChI=1S/C16H15FN4O2S/c1-9-3-4-11(7-12(9)17)15-20-14(23-21-15)6-5-13(22)19-16-18-10(2)8-24-16/h3-4,7-8H,5-6H2,1-2H3,(H,18,19,22). The molecule has 0 atom stereocenters. The largest absolute Gasteiger partial charge is 0.339 e. The van der Waals surface area contributed by atoms with Crippen LogP contribution in [0.4, 0.5) is 9.52 Å². The predicted octanol–water partition coefficient (Wildman–Crippen LogP) is 3.52. The molecule has 24 heavy (non-hydrogen) atoms. The molecule has 124 valence electrons. The minimum atomic E-state index is -0.322. The number of halogens is 1. The van der Waals surface area contributed by atoms with Crippen molar-refractivity contribution in [2.24, 2.45) is 0 Å². The highest BCUT2D eigenvalue weighted by atomic mass is 32.1. The number of nitrogens with zero attached hydrogens (tertiary/aromatic N) is 3. The monoisotopic (exact) mass is 346 g/mol. The summed E-state index contributed by atoms with van der Waals surface area (Å²) in [5, 5.41) is 8.97. The van der Waals surface area contributed by atoms with Gasteiger partial charge < -0.3 is 9.84 Å². The highest BCUT2D eigenvalue weighted by molar-refractivity contribution is 7.13. The first-order chi connectivity index (χ1) is 11.5. The van der Waals surface area contributed by atoms with Gasteiger partial charge in [-0.3, -0.25) is 4.79 Å². The number of aromatic nitrogens is 3. The normalized spacial score (nSPS) is 10.8. The zero-order valence-electron chi connectivity index (χ0n) is 13.2. The lowest BCUT2D eigenvalue weighted by Crippen LogP contribution is -2.12. The summed E-state index contributed by atoms with van der Waals surface area (Å²) in [6.07, 6.45) is 0.500. The Bertz CT molecular complexity index is 875. The van der Waals surface area contributed by atoms with Crippen LogP contribution in [-0.4, -0.2) is 21.0 Å². The van der Waals surface area contributed by atoms with Crippen molar-refractivity contribution in [3.05, 3.63) is 46.5 Å². The average molecular weight is 346 g/mol. The molecule has 1 aromatic carbocycles. The minimum Gasteiger partial charge on any atom is -0.339 e. The van der Waals surface area contributed by atoms with Crippen molar-refractivity contribution < 1.29 is 13.7 Å². The van der Waals surface area contributed by atoms with Crippen molar-refractivity contribution in [1.82, 2.24) is 15.1 Å². The van der Waals surface area contributed by atoms with Crippen LogP contribution in [0, 0.1) is 19.7 Å². The summed E-state index contributed by atoms with van der Waals surface area (Å²) in [6.45, 7) is 3.54. The Morgan fingerprint density at radius 3 is 2.88 bits per heavy atom. The topological polar surface area (TPSA) is 80.9 Å². The maximum Gasteiger partial charge on any atom is 0.227 e. The van der Waals surface area contributed by atoms with Gasteiger partial charge in [-0.05, 0) is 25.5 Å². The van der Waals surface area contributed by atoms with Crippen molar-refractivity contribution in [2.75, 3.05) is 5.32 Å². The second-order valence-electron chi connectivity index (χ2n) is 5.32. The molecule has 0 spiro atoms. The number of carbonyl (C=O) groups excluding carboxylic acids is 1. The summed E-state index contributed by atoms with van der Waals surface area (Å²) in [5.41, 5.74) is 1.95. The molecule has 0 aliphatic heterocycles. The summed E-state index contributed by atoms with van der Waals surface area (Å²) in [4.78, 5) is 20.2. The second-order valence-corrected chi connectivity index (χ2v) is 6.18. The van der Waals surface area contributed by atoms with Crippen LogP contribution in [0.5, 0.6) is 0 Å². The lowest BCUT2D eigenvalue weighted by molar-refractivity contribution is -0.116. The van der Waals surface area contributed by atoms with E-state index in [0.717, 1.165) is 5.69 Å². The molecule has 2 aromatic heterocycles. The van der Waals surface area contributed by atoms with E-state index in [2.05, 4.69) is 20.4 Å². The van der Waals surface area contributed by atoms with Gasteiger partial charge in [0.15, 0.2) is 5.13 Å². The lowest BCUT2D eigenvalue weighted by Gasteiger charge is -1.99. The van der Waals surface area contributed by atoms with E-state index < -0.39 is 0 Å². The predicted molar refractivity (Wildman–Crippen MR) is 88.2 cm³/mol. The number of hydrogen-bond donors (Lipinski definition) is 1. The molecule has 1 amide bonds. The Labute approximate surface area is 141 Å². The van der Waals surface area contributed by atoms with Crippen LogP contribution < -0.4 is 5.32 Å². The van der Waals surface area contributed by atoms with Crippen LogP contribution >= 0.6 is 11.3 Å². The number of hydrogen-bond acceptors (Lipinski definition) is 6. The summed E-state index contributed by atoms with van der Waals surface area (Å²) < 4.78 is 18.7. The van der Waals surface area contributed by atoms with Crippen molar-refractivity contribution >= 4 is 22.4 Å².